The highest BCUT2D eigenvalue weighted by Crippen LogP contribution is 2.11. The Morgan fingerprint density at radius 1 is 0.386 bits per heavy atom. The molecule has 0 atom stereocenters. The minimum absolute atomic E-state index is 0.144. The van der Waals surface area contributed by atoms with Gasteiger partial charge in [0.15, 0.2) is 0 Å². The summed E-state index contributed by atoms with van der Waals surface area (Å²) in [6.45, 7) is 0.374. The molecule has 0 spiro atoms. The van der Waals surface area contributed by atoms with Gasteiger partial charge in [0.2, 0.25) is 23.6 Å². The molecule has 20 nitrogen and oxygen atoms in total. The van der Waals surface area contributed by atoms with E-state index >= 15 is 0 Å². The fourth-order valence-corrected chi connectivity index (χ4v) is 4.49. The monoisotopic (exact) mass is 632 g/mol. The van der Waals surface area contributed by atoms with E-state index in [-0.39, 0.29) is 52.4 Å². The first-order valence-corrected chi connectivity index (χ1v) is 13.4. The molecule has 0 bridgehead atoms. The van der Waals surface area contributed by atoms with Gasteiger partial charge >= 0.3 is 23.9 Å². The third-order valence-corrected chi connectivity index (χ3v) is 6.42. The Bertz CT molecular complexity index is 921. The molecule has 248 valence electrons. The van der Waals surface area contributed by atoms with Crippen molar-refractivity contribution in [2.45, 2.75) is 27.7 Å². The summed E-state index contributed by atoms with van der Waals surface area (Å²) in [6.07, 6.45) is 0. The van der Waals surface area contributed by atoms with Crippen LogP contribution in [0.15, 0.2) is 0 Å². The molecule has 0 aromatic heterocycles. The zero-order valence-electron chi connectivity index (χ0n) is 25.1. The average Bonchev–Trinajstić information content (AvgIpc) is 2.88. The van der Waals surface area contributed by atoms with Crippen LogP contribution < -0.4 is 0 Å². The molecule has 0 aliphatic carbocycles. The van der Waals surface area contributed by atoms with E-state index in [1.807, 2.05) is 0 Å². The second-order valence-corrected chi connectivity index (χ2v) is 9.70. The van der Waals surface area contributed by atoms with Gasteiger partial charge in [-0.1, -0.05) is 0 Å². The molecule has 0 saturated carbocycles. The second kappa shape index (κ2) is 17.7. The van der Waals surface area contributed by atoms with Crippen LogP contribution in [-0.2, 0) is 38.4 Å². The highest BCUT2D eigenvalue weighted by Gasteiger charge is 2.31. The molecule has 4 N–H and O–H groups in total. The summed E-state index contributed by atoms with van der Waals surface area (Å²) in [4.78, 5) is 96.2. The molecule has 1 saturated heterocycles. The van der Waals surface area contributed by atoms with Crippen molar-refractivity contribution in [1.82, 2.24) is 40.1 Å². The minimum atomic E-state index is -1.34. The number of carboxylic acid groups (broad SMARTS) is 4. The molecule has 1 fully saturated rings. The summed E-state index contributed by atoms with van der Waals surface area (Å²) < 4.78 is 0. The molecule has 0 radical (unpaired) electrons. The van der Waals surface area contributed by atoms with E-state index < -0.39 is 73.7 Å². The van der Waals surface area contributed by atoms with Crippen LogP contribution in [0.4, 0.5) is 0 Å². The van der Waals surface area contributed by atoms with E-state index in [1.54, 1.807) is 0 Å². The van der Waals surface area contributed by atoms with Crippen LogP contribution in [0, 0.1) is 0 Å². The molecule has 1 rings (SSSR count). The van der Waals surface area contributed by atoms with Crippen molar-refractivity contribution in [2.24, 2.45) is 0 Å². The van der Waals surface area contributed by atoms with Gasteiger partial charge in [-0.15, -0.1) is 0 Å². The number of hydrogen-bond acceptors (Lipinski definition) is 12. The first-order chi connectivity index (χ1) is 20.4. The maximum atomic E-state index is 12.5. The maximum absolute atomic E-state index is 12.5. The lowest BCUT2D eigenvalue weighted by Crippen LogP contribution is -2.60. The zero-order chi connectivity index (χ0) is 33.7. The highest BCUT2D eigenvalue weighted by atomic mass is 16.4. The van der Waals surface area contributed by atoms with Crippen molar-refractivity contribution in [1.29, 1.82) is 0 Å². The van der Waals surface area contributed by atoms with Crippen LogP contribution in [0.3, 0.4) is 0 Å². The van der Waals surface area contributed by atoms with Crippen LogP contribution in [0.1, 0.15) is 27.7 Å². The molecular weight excluding hydrogens is 592 g/mol. The van der Waals surface area contributed by atoms with Crippen molar-refractivity contribution < 1.29 is 58.8 Å². The van der Waals surface area contributed by atoms with Gasteiger partial charge < -0.3 is 20.4 Å². The van der Waals surface area contributed by atoms with Crippen molar-refractivity contribution in [2.75, 3.05) is 78.5 Å². The smallest absolute Gasteiger partial charge is 0.324 e. The number of aliphatic carboxylic acids is 4. The number of carbonyl (C=O) groups excluding carboxylic acids is 4. The fraction of sp³-hybridized carbons (Fsp3) is 0.667. The summed E-state index contributed by atoms with van der Waals surface area (Å²) in [5, 5.41) is 46.7. The molecule has 1 aliphatic heterocycles. The Morgan fingerprint density at radius 3 is 0.614 bits per heavy atom. The van der Waals surface area contributed by atoms with Gasteiger partial charge in [0.25, 0.3) is 0 Å². The van der Waals surface area contributed by atoms with E-state index in [0.29, 0.717) is 0 Å². The fourth-order valence-electron chi connectivity index (χ4n) is 4.49. The molecule has 1 aliphatic rings. The summed E-state index contributed by atoms with van der Waals surface area (Å²) >= 11 is 0. The topological polar surface area (TPSA) is 243 Å². The van der Waals surface area contributed by atoms with E-state index in [4.69, 9.17) is 0 Å². The van der Waals surface area contributed by atoms with Gasteiger partial charge in [0, 0.05) is 80.1 Å². The van der Waals surface area contributed by atoms with Crippen LogP contribution in [-0.4, -0.2) is 187 Å². The summed E-state index contributed by atoms with van der Waals surface area (Å²) in [5.41, 5.74) is 0. The van der Waals surface area contributed by atoms with Crippen LogP contribution in [0.2, 0.25) is 0 Å². The van der Waals surface area contributed by atoms with E-state index in [2.05, 4.69) is 0 Å². The standard InChI is InChI=1S/C24H40N8O12/c1-17(33)29(13-21(37)38)25-5-7-26(30(18(2)34)14-22(39)40)9-11-28(32(20(4)36)16-24(43)44)12-10-27(8-6-25)31(19(3)35)15-23(41)42/h5-16H2,1-4H3,(H,37,38)(H,39,40)(H,41,42)(H,43,44). The van der Waals surface area contributed by atoms with Crippen molar-refractivity contribution in [3.8, 4) is 0 Å². The normalized spacial score (nSPS) is 16.1. The van der Waals surface area contributed by atoms with E-state index in [9.17, 15) is 58.8 Å². The number of hydrazine groups is 4. The predicted octanol–water partition coefficient (Wildman–Crippen LogP) is -3.40. The van der Waals surface area contributed by atoms with Crippen LogP contribution in [0.5, 0.6) is 0 Å². The van der Waals surface area contributed by atoms with Gasteiger partial charge in [-0.3, -0.25) is 58.4 Å². The molecule has 1 heterocycles. The number of amides is 4. The summed E-state index contributed by atoms with van der Waals surface area (Å²) in [6, 6.07) is 0. The first-order valence-electron chi connectivity index (χ1n) is 13.4. The van der Waals surface area contributed by atoms with Gasteiger partial charge in [0.1, 0.15) is 26.2 Å². The third kappa shape index (κ3) is 12.5. The second-order valence-electron chi connectivity index (χ2n) is 9.70. The van der Waals surface area contributed by atoms with Gasteiger partial charge in [-0.25, -0.2) is 20.0 Å². The lowest BCUT2D eigenvalue weighted by Gasteiger charge is -2.43. The first kappa shape index (κ1) is 37.6. The Morgan fingerprint density at radius 2 is 0.523 bits per heavy atom. The molecule has 0 unspecified atom stereocenters. The predicted molar refractivity (Wildman–Crippen MR) is 146 cm³/mol. The lowest BCUT2D eigenvalue weighted by molar-refractivity contribution is -0.173. The van der Waals surface area contributed by atoms with Crippen LogP contribution in [0.25, 0.3) is 0 Å². The quantitative estimate of drug-likeness (QED) is 0.164. The van der Waals surface area contributed by atoms with Crippen molar-refractivity contribution >= 4 is 47.5 Å². The molecule has 0 aromatic carbocycles. The van der Waals surface area contributed by atoms with Crippen molar-refractivity contribution in [3.05, 3.63) is 0 Å². The molecule has 44 heavy (non-hydrogen) atoms. The molecule has 0 aromatic rings. The Balaban J connectivity index is 3.69. The zero-order valence-corrected chi connectivity index (χ0v) is 25.1. The van der Waals surface area contributed by atoms with Gasteiger partial charge in [0.05, 0.1) is 0 Å². The summed E-state index contributed by atoms with van der Waals surface area (Å²) in [7, 11) is 0. The largest absolute Gasteiger partial charge is 0.480 e. The highest BCUT2D eigenvalue weighted by molar-refractivity contribution is 5.81. The Hall–Kier alpha value is -4.40. The molecule has 4 amide bonds. The van der Waals surface area contributed by atoms with E-state index in [0.717, 1.165) is 47.7 Å². The van der Waals surface area contributed by atoms with Gasteiger partial charge in [-0.05, 0) is 0 Å². The minimum Gasteiger partial charge on any atom is -0.480 e. The Labute approximate surface area is 253 Å². The number of carboxylic acids is 4. The SMILES string of the molecule is CC(=O)N(CC(=O)O)N1CCN(N(CC(=O)O)C(C)=O)CCN(N(CC(=O)O)C(C)=O)CCN(N(CC(=O)O)C(C)=O)CC1. The third-order valence-electron chi connectivity index (χ3n) is 6.42. The Kier molecular flexibility index (Phi) is 15.1. The lowest BCUT2D eigenvalue weighted by atomic mass is 10.4. The van der Waals surface area contributed by atoms with E-state index in [1.165, 1.54) is 20.0 Å². The summed E-state index contributed by atoms with van der Waals surface area (Å²) in [5.74, 6) is -7.99. The van der Waals surface area contributed by atoms with Crippen LogP contribution >= 0.6 is 0 Å². The number of carbonyl (C=O) groups is 8. The molecular formula is C24H40N8O12. The number of nitrogens with zero attached hydrogens (tertiary/aromatic N) is 8. The average molecular weight is 633 g/mol. The maximum Gasteiger partial charge on any atom is 0.324 e. The number of hydrogen-bond donors (Lipinski definition) is 4. The molecule has 20 heteroatoms. The van der Waals surface area contributed by atoms with Gasteiger partial charge in [-0.2, -0.15) is 0 Å². The van der Waals surface area contributed by atoms with Crippen molar-refractivity contribution in [3.63, 3.8) is 0 Å². The number of rotatable bonds is 12.